The zero-order valence-corrected chi connectivity index (χ0v) is 7.17. The summed E-state index contributed by atoms with van der Waals surface area (Å²) in [6.45, 7) is 3.60. The van der Waals surface area contributed by atoms with Crippen LogP contribution in [0.25, 0.3) is 0 Å². The topological polar surface area (TPSA) is 20.2 Å². The van der Waals surface area contributed by atoms with Crippen LogP contribution < -0.4 is 5.19 Å². The third-order valence-electron chi connectivity index (χ3n) is 1.44. The van der Waals surface area contributed by atoms with Crippen molar-refractivity contribution in [1.29, 1.82) is 0 Å². The standard InChI is InChI=1S/C9H9OSi/c1-2-3-7-6-8(11)4-5-9(7)10/h2,4-6,10H,1,3H2. The molecule has 1 aromatic rings. The van der Waals surface area contributed by atoms with Crippen LogP contribution in [0.1, 0.15) is 5.56 Å². The molecular weight excluding hydrogens is 152 g/mol. The van der Waals surface area contributed by atoms with Gasteiger partial charge in [0.2, 0.25) is 0 Å². The van der Waals surface area contributed by atoms with Crippen molar-refractivity contribution in [2.45, 2.75) is 6.42 Å². The first-order chi connectivity index (χ1) is 5.24. The third kappa shape index (κ3) is 1.95. The van der Waals surface area contributed by atoms with Gasteiger partial charge < -0.3 is 5.11 Å². The van der Waals surface area contributed by atoms with Crippen molar-refractivity contribution in [2.75, 3.05) is 0 Å². The molecule has 0 bridgehead atoms. The Kier molecular flexibility index (Phi) is 2.49. The zero-order chi connectivity index (χ0) is 8.27. The highest BCUT2D eigenvalue weighted by Gasteiger charge is 1.97. The van der Waals surface area contributed by atoms with Crippen LogP contribution in [0.15, 0.2) is 30.9 Å². The molecule has 11 heavy (non-hydrogen) atoms. The first kappa shape index (κ1) is 8.08. The Morgan fingerprint density at radius 3 is 2.91 bits per heavy atom. The lowest BCUT2D eigenvalue weighted by molar-refractivity contribution is 0.470. The molecule has 0 heterocycles. The lowest BCUT2D eigenvalue weighted by Gasteiger charge is -2.01. The summed E-state index contributed by atoms with van der Waals surface area (Å²) < 4.78 is 0. The van der Waals surface area contributed by atoms with Crippen LogP contribution in [-0.2, 0) is 6.42 Å². The van der Waals surface area contributed by atoms with Crippen LogP contribution in [0.3, 0.4) is 0 Å². The summed E-state index contributed by atoms with van der Waals surface area (Å²) in [4.78, 5) is 0. The van der Waals surface area contributed by atoms with E-state index in [1.54, 1.807) is 18.2 Å². The van der Waals surface area contributed by atoms with E-state index in [2.05, 4.69) is 16.8 Å². The Labute approximate surface area is 69.8 Å². The first-order valence-electron chi connectivity index (χ1n) is 3.38. The number of hydrogen-bond donors (Lipinski definition) is 1. The molecule has 0 unspecified atom stereocenters. The molecule has 0 spiro atoms. The van der Waals surface area contributed by atoms with Gasteiger partial charge in [-0.05, 0) is 18.1 Å². The molecule has 0 aliphatic rings. The van der Waals surface area contributed by atoms with Gasteiger partial charge >= 0.3 is 0 Å². The number of aromatic hydroxyl groups is 1. The molecule has 1 nitrogen and oxygen atoms in total. The fourth-order valence-electron chi connectivity index (χ4n) is 0.905. The van der Waals surface area contributed by atoms with E-state index in [9.17, 15) is 5.11 Å². The van der Waals surface area contributed by atoms with Crippen LogP contribution in [-0.4, -0.2) is 15.3 Å². The second-order valence-electron chi connectivity index (χ2n) is 2.34. The van der Waals surface area contributed by atoms with Gasteiger partial charge in [-0.3, -0.25) is 0 Å². The van der Waals surface area contributed by atoms with Crippen LogP contribution in [0.5, 0.6) is 5.75 Å². The van der Waals surface area contributed by atoms with E-state index in [-0.39, 0.29) is 0 Å². The molecule has 0 amide bonds. The summed E-state index contributed by atoms with van der Waals surface area (Å²) >= 11 is 0. The predicted molar refractivity (Wildman–Crippen MR) is 47.4 cm³/mol. The van der Waals surface area contributed by atoms with Crippen LogP contribution in [0.4, 0.5) is 0 Å². The maximum absolute atomic E-state index is 9.30. The van der Waals surface area contributed by atoms with E-state index in [1.165, 1.54) is 0 Å². The van der Waals surface area contributed by atoms with Crippen molar-refractivity contribution in [3.05, 3.63) is 36.4 Å². The van der Waals surface area contributed by atoms with Crippen molar-refractivity contribution >= 4 is 15.4 Å². The number of benzene rings is 1. The van der Waals surface area contributed by atoms with Gasteiger partial charge in [0.05, 0.1) is 10.2 Å². The zero-order valence-electron chi connectivity index (χ0n) is 6.17. The quantitative estimate of drug-likeness (QED) is 0.505. The van der Waals surface area contributed by atoms with Gasteiger partial charge in [-0.1, -0.05) is 23.4 Å². The molecular formula is C9H9OSi. The lowest BCUT2D eigenvalue weighted by Crippen LogP contribution is -2.02. The Hall–Kier alpha value is -1.02. The summed E-state index contributed by atoms with van der Waals surface area (Å²) in [5, 5.41) is 10.3. The predicted octanol–water partition coefficient (Wildman–Crippen LogP) is 0.914. The first-order valence-corrected chi connectivity index (χ1v) is 3.88. The van der Waals surface area contributed by atoms with Gasteiger partial charge in [0.25, 0.3) is 0 Å². The minimum atomic E-state index is 0.326. The maximum atomic E-state index is 9.30. The third-order valence-corrected chi connectivity index (χ3v) is 1.75. The second kappa shape index (κ2) is 3.39. The van der Waals surface area contributed by atoms with Crippen molar-refractivity contribution in [1.82, 2.24) is 0 Å². The molecule has 0 fully saturated rings. The van der Waals surface area contributed by atoms with E-state index >= 15 is 0 Å². The average Bonchev–Trinajstić information content (AvgIpc) is 1.98. The lowest BCUT2D eigenvalue weighted by atomic mass is 10.1. The van der Waals surface area contributed by atoms with Crippen molar-refractivity contribution < 1.29 is 5.11 Å². The van der Waals surface area contributed by atoms with Crippen molar-refractivity contribution in [3.63, 3.8) is 0 Å². The Morgan fingerprint density at radius 2 is 2.27 bits per heavy atom. The minimum Gasteiger partial charge on any atom is -0.508 e. The largest absolute Gasteiger partial charge is 0.508 e. The molecule has 55 valence electrons. The minimum absolute atomic E-state index is 0.326. The van der Waals surface area contributed by atoms with E-state index in [0.29, 0.717) is 12.2 Å². The van der Waals surface area contributed by atoms with Gasteiger partial charge in [-0.15, -0.1) is 6.58 Å². The SMILES string of the molecule is C=CCc1cc([Si])ccc1O. The van der Waals surface area contributed by atoms with Crippen molar-refractivity contribution in [3.8, 4) is 5.75 Å². The fourth-order valence-corrected chi connectivity index (χ4v) is 1.16. The Bertz CT molecular complexity index is 268. The molecule has 0 atom stereocenters. The Balaban J connectivity index is 3.01. The number of rotatable bonds is 2. The normalized spacial score (nSPS) is 9.55. The van der Waals surface area contributed by atoms with Gasteiger partial charge in [-0.25, -0.2) is 0 Å². The molecule has 1 aromatic carbocycles. The molecule has 1 N–H and O–H groups in total. The summed E-state index contributed by atoms with van der Waals surface area (Å²) in [6.07, 6.45) is 2.46. The van der Waals surface area contributed by atoms with Gasteiger partial charge in [0.15, 0.2) is 0 Å². The molecule has 3 radical (unpaired) electrons. The molecule has 0 saturated heterocycles. The molecule has 0 saturated carbocycles. The summed E-state index contributed by atoms with van der Waals surface area (Å²) in [5.74, 6) is 0.326. The van der Waals surface area contributed by atoms with E-state index < -0.39 is 0 Å². The number of phenolic OH excluding ortho intramolecular Hbond substituents is 1. The summed E-state index contributed by atoms with van der Waals surface area (Å²) in [6, 6.07) is 5.36. The highest BCUT2D eigenvalue weighted by atomic mass is 28.1. The van der Waals surface area contributed by atoms with Gasteiger partial charge in [0, 0.05) is 0 Å². The van der Waals surface area contributed by atoms with Crippen LogP contribution in [0.2, 0.25) is 0 Å². The molecule has 1 rings (SSSR count). The number of hydrogen-bond acceptors (Lipinski definition) is 1. The van der Waals surface area contributed by atoms with Gasteiger partial charge in [0.1, 0.15) is 5.75 Å². The molecule has 0 aliphatic carbocycles. The monoisotopic (exact) mass is 161 g/mol. The molecule has 0 aromatic heterocycles. The maximum Gasteiger partial charge on any atom is 0.119 e. The molecule has 2 heteroatoms. The number of phenols is 1. The highest BCUT2D eigenvalue weighted by Crippen LogP contribution is 2.14. The van der Waals surface area contributed by atoms with E-state index in [1.807, 2.05) is 6.07 Å². The average molecular weight is 161 g/mol. The van der Waals surface area contributed by atoms with Crippen molar-refractivity contribution in [2.24, 2.45) is 0 Å². The smallest absolute Gasteiger partial charge is 0.119 e. The van der Waals surface area contributed by atoms with Gasteiger partial charge in [-0.2, -0.15) is 0 Å². The summed E-state index contributed by atoms with van der Waals surface area (Å²) in [5.41, 5.74) is 0.896. The Morgan fingerprint density at radius 1 is 1.55 bits per heavy atom. The summed E-state index contributed by atoms with van der Waals surface area (Å²) in [7, 11) is 3.37. The fraction of sp³-hybridized carbons (Fsp3) is 0.111. The van der Waals surface area contributed by atoms with Crippen LogP contribution >= 0.6 is 0 Å². The van der Waals surface area contributed by atoms with Crippen LogP contribution in [0, 0.1) is 0 Å². The van der Waals surface area contributed by atoms with E-state index in [0.717, 1.165) is 10.8 Å². The highest BCUT2D eigenvalue weighted by molar-refractivity contribution is 6.32. The molecule has 0 aliphatic heterocycles. The number of allylic oxidation sites excluding steroid dienone is 1. The van der Waals surface area contributed by atoms with E-state index in [4.69, 9.17) is 0 Å². The second-order valence-corrected chi connectivity index (χ2v) is 2.91.